The van der Waals surface area contributed by atoms with E-state index in [9.17, 15) is 14.7 Å². The molecule has 2 aromatic carbocycles. The van der Waals surface area contributed by atoms with Crippen molar-refractivity contribution in [2.75, 3.05) is 25.2 Å². The molecule has 1 amide bonds. The Bertz CT molecular complexity index is 1230. The number of nitrogens with one attached hydrogen (secondary N) is 1. The molecule has 1 aliphatic heterocycles. The van der Waals surface area contributed by atoms with Gasteiger partial charge in [0.25, 0.3) is 5.91 Å². The van der Waals surface area contributed by atoms with Gasteiger partial charge in [-0.1, -0.05) is 36.4 Å². The second-order valence-electron chi connectivity index (χ2n) is 7.81. The van der Waals surface area contributed by atoms with Crippen LogP contribution in [-0.4, -0.2) is 53.6 Å². The SMILES string of the molecule is COC(=O)CNCC(O)Cn1cc(C=C2C(=O)N(c3ccccc3)N=C2C)c2ccccc21. The van der Waals surface area contributed by atoms with E-state index in [1.807, 2.05) is 78.4 Å². The molecule has 1 unspecified atom stereocenters. The summed E-state index contributed by atoms with van der Waals surface area (Å²) in [5.41, 5.74) is 3.70. The normalized spacial score (nSPS) is 15.8. The molecular weight excluding hydrogens is 420 g/mol. The van der Waals surface area contributed by atoms with Gasteiger partial charge in [-0.05, 0) is 31.2 Å². The summed E-state index contributed by atoms with van der Waals surface area (Å²) in [6.07, 6.45) is 3.06. The lowest BCUT2D eigenvalue weighted by molar-refractivity contribution is -0.139. The number of esters is 1. The van der Waals surface area contributed by atoms with Gasteiger partial charge in [-0.3, -0.25) is 9.59 Å². The van der Waals surface area contributed by atoms with Crippen LogP contribution in [0.3, 0.4) is 0 Å². The lowest BCUT2D eigenvalue weighted by Gasteiger charge is -2.13. The molecule has 2 heterocycles. The first kappa shape index (κ1) is 22.4. The van der Waals surface area contributed by atoms with E-state index in [2.05, 4.69) is 15.2 Å². The Morgan fingerprint density at radius 1 is 1.18 bits per heavy atom. The highest BCUT2D eigenvalue weighted by atomic mass is 16.5. The standard InChI is InChI=1S/C25H26N4O4/c1-17-22(25(32)29(27-17)19-8-4-3-5-9-19)12-18-15-28(23-11-7-6-10-21(18)23)16-20(30)13-26-14-24(31)33-2/h3-12,15,20,26,30H,13-14,16H2,1-2H3. The van der Waals surface area contributed by atoms with Gasteiger partial charge in [-0.15, -0.1) is 0 Å². The van der Waals surface area contributed by atoms with Crippen LogP contribution >= 0.6 is 0 Å². The molecule has 33 heavy (non-hydrogen) atoms. The second kappa shape index (κ2) is 9.81. The minimum atomic E-state index is -0.712. The topological polar surface area (TPSA) is 96.2 Å². The van der Waals surface area contributed by atoms with Crippen LogP contribution in [0.4, 0.5) is 5.69 Å². The van der Waals surface area contributed by atoms with E-state index < -0.39 is 6.10 Å². The maximum atomic E-state index is 13.1. The molecule has 0 spiro atoms. The number of carbonyl (C=O) groups is 2. The Hall–Kier alpha value is -3.75. The number of carbonyl (C=O) groups excluding carboxylic acids is 2. The Labute approximate surface area is 191 Å². The van der Waals surface area contributed by atoms with Crippen molar-refractivity contribution in [1.82, 2.24) is 9.88 Å². The number of para-hydroxylation sites is 2. The maximum Gasteiger partial charge on any atom is 0.319 e. The predicted octanol–water partition coefficient (Wildman–Crippen LogP) is 2.57. The number of hydrogen-bond donors (Lipinski definition) is 2. The molecule has 8 heteroatoms. The summed E-state index contributed by atoms with van der Waals surface area (Å²) in [5, 5.41) is 20.2. The monoisotopic (exact) mass is 446 g/mol. The molecule has 0 saturated heterocycles. The number of aromatic nitrogens is 1. The van der Waals surface area contributed by atoms with Gasteiger partial charge in [0.05, 0.1) is 36.7 Å². The smallest absolute Gasteiger partial charge is 0.319 e. The number of hydrazone groups is 1. The number of anilines is 1. The highest BCUT2D eigenvalue weighted by Crippen LogP contribution is 2.28. The van der Waals surface area contributed by atoms with Crippen molar-refractivity contribution in [3.8, 4) is 0 Å². The predicted molar refractivity (Wildman–Crippen MR) is 128 cm³/mol. The van der Waals surface area contributed by atoms with Crippen LogP contribution in [0.25, 0.3) is 17.0 Å². The van der Waals surface area contributed by atoms with Gasteiger partial charge in [0, 0.05) is 35.8 Å². The molecule has 3 aromatic rings. The molecular formula is C25H26N4O4. The summed E-state index contributed by atoms with van der Waals surface area (Å²) in [6.45, 7) is 2.43. The molecule has 1 aromatic heterocycles. The lowest BCUT2D eigenvalue weighted by atomic mass is 10.1. The number of ether oxygens (including phenoxy) is 1. The maximum absolute atomic E-state index is 13.1. The Balaban J connectivity index is 1.58. The van der Waals surface area contributed by atoms with Crippen LogP contribution in [0.15, 0.2) is 71.5 Å². The Morgan fingerprint density at radius 2 is 1.91 bits per heavy atom. The fraction of sp³-hybridized carbons (Fsp3) is 0.240. The van der Waals surface area contributed by atoms with E-state index in [1.165, 1.54) is 12.1 Å². The third-order valence-corrected chi connectivity index (χ3v) is 5.47. The summed E-state index contributed by atoms with van der Waals surface area (Å²) < 4.78 is 6.54. The average molecular weight is 447 g/mol. The number of aliphatic hydroxyl groups excluding tert-OH is 1. The van der Waals surface area contributed by atoms with Crippen molar-refractivity contribution < 1.29 is 19.4 Å². The van der Waals surface area contributed by atoms with Crippen LogP contribution in [0.5, 0.6) is 0 Å². The number of hydrogen-bond acceptors (Lipinski definition) is 6. The van der Waals surface area contributed by atoms with Gasteiger partial charge in [0.2, 0.25) is 0 Å². The number of fused-ring (bicyclic) bond motifs is 1. The fourth-order valence-electron chi connectivity index (χ4n) is 3.83. The fourth-order valence-corrected chi connectivity index (χ4v) is 3.83. The Morgan fingerprint density at radius 3 is 2.67 bits per heavy atom. The van der Waals surface area contributed by atoms with E-state index in [4.69, 9.17) is 0 Å². The summed E-state index contributed by atoms with van der Waals surface area (Å²) in [6, 6.07) is 17.2. The van der Waals surface area contributed by atoms with Gasteiger partial charge in [0.15, 0.2) is 0 Å². The molecule has 0 aliphatic carbocycles. The number of amides is 1. The van der Waals surface area contributed by atoms with E-state index in [0.29, 0.717) is 17.8 Å². The van der Waals surface area contributed by atoms with Crippen LogP contribution < -0.4 is 10.3 Å². The molecule has 1 atom stereocenters. The van der Waals surface area contributed by atoms with Crippen molar-refractivity contribution in [2.45, 2.75) is 19.6 Å². The van der Waals surface area contributed by atoms with Gasteiger partial charge in [-0.25, -0.2) is 0 Å². The zero-order chi connectivity index (χ0) is 23.4. The number of methoxy groups -OCH3 is 1. The van der Waals surface area contributed by atoms with Crippen LogP contribution in [0.1, 0.15) is 12.5 Å². The third kappa shape index (κ3) is 4.87. The van der Waals surface area contributed by atoms with Crippen LogP contribution in [0, 0.1) is 0 Å². The molecule has 170 valence electrons. The second-order valence-corrected chi connectivity index (χ2v) is 7.81. The highest BCUT2D eigenvalue weighted by Gasteiger charge is 2.29. The van der Waals surface area contributed by atoms with Crippen molar-refractivity contribution in [1.29, 1.82) is 0 Å². The van der Waals surface area contributed by atoms with Crippen molar-refractivity contribution in [2.24, 2.45) is 5.10 Å². The van der Waals surface area contributed by atoms with Gasteiger partial charge in [-0.2, -0.15) is 10.1 Å². The largest absolute Gasteiger partial charge is 0.468 e. The number of benzene rings is 2. The number of rotatable bonds is 8. The molecule has 8 nitrogen and oxygen atoms in total. The minimum absolute atomic E-state index is 0.0377. The van der Waals surface area contributed by atoms with E-state index >= 15 is 0 Å². The molecule has 0 saturated carbocycles. The van der Waals surface area contributed by atoms with Gasteiger partial charge < -0.3 is 19.7 Å². The number of aliphatic hydroxyl groups is 1. The van der Waals surface area contributed by atoms with Crippen LogP contribution in [0.2, 0.25) is 0 Å². The highest BCUT2D eigenvalue weighted by molar-refractivity contribution is 6.32. The third-order valence-electron chi connectivity index (χ3n) is 5.47. The first-order valence-corrected chi connectivity index (χ1v) is 10.7. The number of nitrogens with zero attached hydrogens (tertiary/aromatic N) is 3. The average Bonchev–Trinajstić information content (AvgIpc) is 3.31. The molecule has 0 bridgehead atoms. The van der Waals surface area contributed by atoms with Crippen molar-refractivity contribution >= 4 is 40.3 Å². The van der Waals surface area contributed by atoms with Crippen LogP contribution in [-0.2, 0) is 20.9 Å². The van der Waals surface area contributed by atoms with Crippen molar-refractivity contribution in [3.63, 3.8) is 0 Å². The summed E-state index contributed by atoms with van der Waals surface area (Å²) >= 11 is 0. The molecule has 0 fully saturated rings. The van der Waals surface area contributed by atoms with Crippen molar-refractivity contribution in [3.05, 3.63) is 71.9 Å². The Kier molecular flexibility index (Phi) is 6.67. The van der Waals surface area contributed by atoms with E-state index in [1.54, 1.807) is 0 Å². The summed E-state index contributed by atoms with van der Waals surface area (Å²) in [7, 11) is 1.32. The van der Waals surface area contributed by atoms with E-state index in [0.717, 1.165) is 22.2 Å². The zero-order valence-corrected chi connectivity index (χ0v) is 18.6. The zero-order valence-electron chi connectivity index (χ0n) is 18.6. The first-order valence-electron chi connectivity index (χ1n) is 10.7. The molecule has 4 rings (SSSR count). The molecule has 2 N–H and O–H groups in total. The van der Waals surface area contributed by atoms with Gasteiger partial charge >= 0.3 is 5.97 Å². The lowest BCUT2D eigenvalue weighted by Crippen LogP contribution is -2.33. The quantitative estimate of drug-likeness (QED) is 0.410. The summed E-state index contributed by atoms with van der Waals surface area (Å²) in [5.74, 6) is -0.562. The van der Waals surface area contributed by atoms with Gasteiger partial charge in [0.1, 0.15) is 0 Å². The first-order chi connectivity index (χ1) is 16.0. The minimum Gasteiger partial charge on any atom is -0.468 e. The summed E-state index contributed by atoms with van der Waals surface area (Å²) in [4.78, 5) is 24.3. The molecule has 1 aliphatic rings. The van der Waals surface area contributed by atoms with E-state index in [-0.39, 0.29) is 25.0 Å². The molecule has 0 radical (unpaired) electrons.